The molecule has 1 aromatic rings. The van der Waals surface area contributed by atoms with Gasteiger partial charge in [0.25, 0.3) is 5.91 Å². The van der Waals surface area contributed by atoms with Crippen LogP contribution in [0.1, 0.15) is 12.5 Å². The molecular formula is C10H9BrN2O2. The van der Waals surface area contributed by atoms with Gasteiger partial charge in [-0.15, -0.1) is 0 Å². The lowest BCUT2D eigenvalue weighted by Crippen LogP contribution is -2.40. The Labute approximate surface area is 95.2 Å². The summed E-state index contributed by atoms with van der Waals surface area (Å²) < 4.78 is 0.930. The van der Waals surface area contributed by atoms with Crippen molar-refractivity contribution < 1.29 is 9.59 Å². The molecule has 2 N–H and O–H groups in total. The quantitative estimate of drug-likeness (QED) is 0.759. The fraction of sp³-hybridized carbons (Fsp3) is 0.200. The fourth-order valence-electron chi connectivity index (χ4n) is 1.53. The maximum absolute atomic E-state index is 11.6. The molecule has 4 nitrogen and oxygen atoms in total. The largest absolute Gasteiger partial charge is 0.322 e. The third-order valence-corrected chi connectivity index (χ3v) is 2.99. The van der Waals surface area contributed by atoms with Crippen molar-refractivity contribution in [1.29, 1.82) is 0 Å². The van der Waals surface area contributed by atoms with Gasteiger partial charge in [-0.25, -0.2) is 4.79 Å². The molecule has 1 aliphatic heterocycles. The van der Waals surface area contributed by atoms with Crippen LogP contribution in [0.25, 0.3) is 0 Å². The first-order chi connectivity index (χ1) is 7.02. The van der Waals surface area contributed by atoms with E-state index in [0.717, 1.165) is 10.0 Å². The highest BCUT2D eigenvalue weighted by molar-refractivity contribution is 9.10. The predicted molar refractivity (Wildman–Crippen MR) is 58.2 cm³/mol. The number of imide groups is 1. The molecule has 0 unspecified atom stereocenters. The number of halogens is 1. The summed E-state index contributed by atoms with van der Waals surface area (Å²) in [5.74, 6) is -0.324. The van der Waals surface area contributed by atoms with Gasteiger partial charge in [0.1, 0.15) is 5.54 Å². The first-order valence-electron chi connectivity index (χ1n) is 4.42. The molecule has 0 aromatic heterocycles. The van der Waals surface area contributed by atoms with Crippen molar-refractivity contribution in [1.82, 2.24) is 10.6 Å². The Hall–Kier alpha value is -1.36. The van der Waals surface area contributed by atoms with Crippen molar-refractivity contribution in [2.45, 2.75) is 12.5 Å². The summed E-state index contributed by atoms with van der Waals surface area (Å²) in [6.45, 7) is 1.68. The van der Waals surface area contributed by atoms with Crippen LogP contribution in [0.4, 0.5) is 4.79 Å². The van der Waals surface area contributed by atoms with Crippen molar-refractivity contribution in [2.75, 3.05) is 0 Å². The molecule has 0 spiro atoms. The molecule has 0 saturated carbocycles. The molecule has 15 heavy (non-hydrogen) atoms. The summed E-state index contributed by atoms with van der Waals surface area (Å²) in [6, 6.07) is 6.81. The van der Waals surface area contributed by atoms with Crippen LogP contribution < -0.4 is 10.6 Å². The van der Waals surface area contributed by atoms with Crippen molar-refractivity contribution in [3.8, 4) is 0 Å². The summed E-state index contributed by atoms with van der Waals surface area (Å²) in [4.78, 5) is 22.6. The van der Waals surface area contributed by atoms with Gasteiger partial charge in [-0.1, -0.05) is 28.1 Å². The van der Waals surface area contributed by atoms with Crippen LogP contribution in [-0.4, -0.2) is 11.9 Å². The molecule has 1 aromatic carbocycles. The van der Waals surface area contributed by atoms with E-state index >= 15 is 0 Å². The second-order valence-corrected chi connectivity index (χ2v) is 4.46. The second-order valence-electron chi connectivity index (χ2n) is 3.54. The van der Waals surface area contributed by atoms with E-state index in [4.69, 9.17) is 0 Å². The number of rotatable bonds is 1. The summed E-state index contributed by atoms with van der Waals surface area (Å²) in [6.07, 6.45) is 0. The zero-order chi connectivity index (χ0) is 11.1. The summed E-state index contributed by atoms with van der Waals surface area (Å²) >= 11 is 3.31. The Kier molecular flexibility index (Phi) is 2.26. The lowest BCUT2D eigenvalue weighted by molar-refractivity contribution is -0.123. The number of amides is 3. The van der Waals surface area contributed by atoms with E-state index in [-0.39, 0.29) is 5.91 Å². The SMILES string of the molecule is C[C@]1(c2ccc(Br)cc2)NC(=O)NC1=O. The number of benzene rings is 1. The molecule has 2 rings (SSSR count). The highest BCUT2D eigenvalue weighted by Gasteiger charge is 2.43. The van der Waals surface area contributed by atoms with E-state index in [1.165, 1.54) is 0 Å². The molecule has 1 aliphatic rings. The van der Waals surface area contributed by atoms with Crippen LogP contribution in [0.15, 0.2) is 28.7 Å². The average Bonchev–Trinajstić information content (AvgIpc) is 2.42. The van der Waals surface area contributed by atoms with E-state index in [1.807, 2.05) is 12.1 Å². The molecule has 3 amide bonds. The van der Waals surface area contributed by atoms with Crippen LogP contribution in [0, 0.1) is 0 Å². The van der Waals surface area contributed by atoms with Crippen LogP contribution >= 0.6 is 15.9 Å². The molecule has 0 bridgehead atoms. The molecular weight excluding hydrogens is 260 g/mol. The molecule has 1 saturated heterocycles. The first-order valence-corrected chi connectivity index (χ1v) is 5.21. The zero-order valence-electron chi connectivity index (χ0n) is 8.00. The molecule has 78 valence electrons. The number of carbonyl (C=O) groups is 2. The summed E-state index contributed by atoms with van der Waals surface area (Å²) in [7, 11) is 0. The second kappa shape index (κ2) is 3.34. The monoisotopic (exact) mass is 268 g/mol. The van der Waals surface area contributed by atoms with Crippen LogP contribution in [0.2, 0.25) is 0 Å². The smallest absolute Gasteiger partial charge is 0.320 e. The number of nitrogens with one attached hydrogen (secondary N) is 2. The zero-order valence-corrected chi connectivity index (χ0v) is 9.59. The molecule has 1 fully saturated rings. The minimum atomic E-state index is -0.961. The number of hydrogen-bond acceptors (Lipinski definition) is 2. The Morgan fingerprint density at radius 1 is 1.20 bits per heavy atom. The number of hydrogen-bond donors (Lipinski definition) is 2. The Morgan fingerprint density at radius 3 is 2.27 bits per heavy atom. The van der Waals surface area contributed by atoms with Crippen molar-refractivity contribution in [2.24, 2.45) is 0 Å². The summed E-state index contributed by atoms with van der Waals surface area (Å²) in [5, 5.41) is 4.82. The first kappa shape index (κ1) is 10.2. The summed E-state index contributed by atoms with van der Waals surface area (Å²) in [5.41, 5.74) is -0.202. The minimum absolute atomic E-state index is 0.324. The van der Waals surface area contributed by atoms with E-state index in [1.54, 1.807) is 19.1 Å². The number of carbonyl (C=O) groups excluding carboxylic acids is 2. The molecule has 5 heteroatoms. The maximum atomic E-state index is 11.6. The van der Waals surface area contributed by atoms with Gasteiger partial charge in [0.2, 0.25) is 0 Å². The van der Waals surface area contributed by atoms with Gasteiger partial charge >= 0.3 is 6.03 Å². The lowest BCUT2D eigenvalue weighted by Gasteiger charge is -2.20. The van der Waals surface area contributed by atoms with Gasteiger partial charge in [-0.3, -0.25) is 10.1 Å². The fourth-order valence-corrected chi connectivity index (χ4v) is 1.79. The van der Waals surface area contributed by atoms with E-state index in [9.17, 15) is 9.59 Å². The Morgan fingerprint density at radius 2 is 1.80 bits per heavy atom. The van der Waals surface area contributed by atoms with Crippen LogP contribution in [0.3, 0.4) is 0 Å². The van der Waals surface area contributed by atoms with Gasteiger partial charge in [0, 0.05) is 4.47 Å². The minimum Gasteiger partial charge on any atom is -0.320 e. The molecule has 0 aliphatic carbocycles. The van der Waals surface area contributed by atoms with Gasteiger partial charge < -0.3 is 5.32 Å². The molecule has 0 radical (unpaired) electrons. The topological polar surface area (TPSA) is 58.2 Å². The third-order valence-electron chi connectivity index (χ3n) is 2.47. The average molecular weight is 269 g/mol. The standard InChI is InChI=1S/C10H9BrN2O2/c1-10(8(14)12-9(15)13-10)6-2-4-7(11)5-3-6/h2-5H,1H3,(H2,12,13,14,15)/t10-/m1/s1. The lowest BCUT2D eigenvalue weighted by atomic mass is 9.92. The highest BCUT2D eigenvalue weighted by Crippen LogP contribution is 2.25. The van der Waals surface area contributed by atoms with Crippen molar-refractivity contribution in [3.63, 3.8) is 0 Å². The van der Waals surface area contributed by atoms with Crippen molar-refractivity contribution >= 4 is 27.9 Å². The van der Waals surface area contributed by atoms with E-state index < -0.39 is 11.6 Å². The van der Waals surface area contributed by atoms with Gasteiger partial charge in [0.15, 0.2) is 0 Å². The normalized spacial score (nSPS) is 24.9. The van der Waals surface area contributed by atoms with Gasteiger partial charge in [-0.05, 0) is 24.6 Å². The van der Waals surface area contributed by atoms with E-state index in [2.05, 4.69) is 26.6 Å². The Bertz CT molecular complexity index is 430. The van der Waals surface area contributed by atoms with E-state index in [0.29, 0.717) is 0 Å². The molecule has 1 atom stereocenters. The number of urea groups is 1. The maximum Gasteiger partial charge on any atom is 0.322 e. The molecule has 1 heterocycles. The van der Waals surface area contributed by atoms with Gasteiger partial charge in [0.05, 0.1) is 0 Å². The predicted octanol–water partition coefficient (Wildman–Crippen LogP) is 1.50. The van der Waals surface area contributed by atoms with Crippen molar-refractivity contribution in [3.05, 3.63) is 34.3 Å². The third kappa shape index (κ3) is 1.63. The van der Waals surface area contributed by atoms with Crippen LogP contribution in [0.5, 0.6) is 0 Å². The van der Waals surface area contributed by atoms with Crippen LogP contribution in [-0.2, 0) is 10.3 Å². The van der Waals surface area contributed by atoms with Gasteiger partial charge in [-0.2, -0.15) is 0 Å². The highest BCUT2D eigenvalue weighted by atomic mass is 79.9. The Balaban J connectivity index is 2.41.